The minimum Gasteiger partial charge on any atom is -0.330 e. The molecule has 0 saturated carbocycles. The summed E-state index contributed by atoms with van der Waals surface area (Å²) >= 11 is 6.71. The molecule has 0 amide bonds. The van der Waals surface area contributed by atoms with Gasteiger partial charge in [0.05, 0.1) is 0 Å². The van der Waals surface area contributed by atoms with Gasteiger partial charge >= 0.3 is 0 Å². The van der Waals surface area contributed by atoms with Gasteiger partial charge in [0.2, 0.25) is 0 Å². The van der Waals surface area contributed by atoms with Crippen molar-refractivity contribution in [2.24, 2.45) is 5.73 Å². The molecule has 2 rings (SSSR count). The fraction of sp³-hybridized carbons (Fsp3) is 0.200. The Balaban J connectivity index is 2.24. The van der Waals surface area contributed by atoms with Crippen LogP contribution in [0.25, 0.3) is 0 Å². The van der Waals surface area contributed by atoms with Crippen molar-refractivity contribution >= 4 is 31.9 Å². The van der Waals surface area contributed by atoms with Gasteiger partial charge in [-0.25, -0.2) is 4.39 Å². The zero-order valence-electron chi connectivity index (χ0n) is 10.2. The van der Waals surface area contributed by atoms with Crippen LogP contribution in [0.2, 0.25) is 0 Å². The van der Waals surface area contributed by atoms with Crippen LogP contribution in [0.15, 0.2) is 51.4 Å². The maximum absolute atomic E-state index is 13.9. The summed E-state index contributed by atoms with van der Waals surface area (Å²) in [5, 5.41) is 0. The van der Waals surface area contributed by atoms with Crippen molar-refractivity contribution in [1.29, 1.82) is 0 Å². The first kappa shape index (κ1) is 14.7. The first-order valence-electron chi connectivity index (χ1n) is 5.99. The van der Waals surface area contributed by atoms with Crippen LogP contribution in [-0.2, 0) is 6.42 Å². The van der Waals surface area contributed by atoms with Crippen LogP contribution in [-0.4, -0.2) is 6.54 Å². The summed E-state index contributed by atoms with van der Waals surface area (Å²) in [6.07, 6.45) is 0.603. The van der Waals surface area contributed by atoms with E-state index < -0.39 is 0 Å². The molecule has 1 atom stereocenters. The van der Waals surface area contributed by atoms with Gasteiger partial charge < -0.3 is 5.73 Å². The van der Waals surface area contributed by atoms with Crippen molar-refractivity contribution in [1.82, 2.24) is 0 Å². The molecule has 0 aliphatic carbocycles. The van der Waals surface area contributed by atoms with E-state index in [1.165, 1.54) is 6.07 Å². The van der Waals surface area contributed by atoms with Crippen LogP contribution < -0.4 is 5.73 Å². The zero-order chi connectivity index (χ0) is 13.8. The standard InChI is InChI=1S/C15H14Br2FN/c16-13-3-1-2-10(7-13)12(9-19)6-11-4-5-14(17)8-15(11)18/h1-5,7-8,12H,6,9,19H2. The molecule has 100 valence electrons. The Bertz CT molecular complexity index is 572. The highest BCUT2D eigenvalue weighted by Crippen LogP contribution is 2.25. The average Bonchev–Trinajstić information content (AvgIpc) is 2.38. The van der Waals surface area contributed by atoms with E-state index in [0.29, 0.717) is 18.5 Å². The fourth-order valence-electron chi connectivity index (χ4n) is 2.05. The Morgan fingerprint density at radius 2 is 1.79 bits per heavy atom. The largest absolute Gasteiger partial charge is 0.330 e. The lowest BCUT2D eigenvalue weighted by molar-refractivity contribution is 0.589. The predicted octanol–water partition coefficient (Wildman–Crippen LogP) is 4.64. The molecular formula is C15H14Br2FN. The lowest BCUT2D eigenvalue weighted by Crippen LogP contribution is -2.15. The highest BCUT2D eigenvalue weighted by molar-refractivity contribution is 9.10. The van der Waals surface area contributed by atoms with Crippen LogP contribution in [0.1, 0.15) is 17.0 Å². The van der Waals surface area contributed by atoms with Gasteiger partial charge in [0.1, 0.15) is 5.82 Å². The third-order valence-electron chi connectivity index (χ3n) is 3.09. The molecule has 4 heteroatoms. The summed E-state index contributed by atoms with van der Waals surface area (Å²) in [7, 11) is 0. The summed E-state index contributed by atoms with van der Waals surface area (Å²) in [5.74, 6) is -0.0732. The second kappa shape index (κ2) is 6.64. The van der Waals surface area contributed by atoms with Crippen molar-refractivity contribution in [2.45, 2.75) is 12.3 Å². The molecule has 0 bridgehead atoms. The highest BCUT2D eigenvalue weighted by Gasteiger charge is 2.13. The van der Waals surface area contributed by atoms with Crippen molar-refractivity contribution < 1.29 is 4.39 Å². The first-order valence-corrected chi connectivity index (χ1v) is 7.58. The van der Waals surface area contributed by atoms with Gasteiger partial charge in [0, 0.05) is 14.9 Å². The van der Waals surface area contributed by atoms with Crippen molar-refractivity contribution in [2.75, 3.05) is 6.54 Å². The van der Waals surface area contributed by atoms with E-state index in [-0.39, 0.29) is 11.7 Å². The minimum absolute atomic E-state index is 0.119. The number of benzene rings is 2. The SMILES string of the molecule is NCC(Cc1ccc(Br)cc1F)c1cccc(Br)c1. The number of hydrogen-bond acceptors (Lipinski definition) is 1. The molecule has 1 nitrogen and oxygen atoms in total. The molecule has 1 unspecified atom stereocenters. The third kappa shape index (κ3) is 3.88. The van der Waals surface area contributed by atoms with E-state index in [1.807, 2.05) is 30.3 Å². The maximum atomic E-state index is 13.9. The molecule has 0 fully saturated rings. The molecule has 0 aromatic heterocycles. The van der Waals surface area contributed by atoms with Crippen LogP contribution in [0.4, 0.5) is 4.39 Å². The van der Waals surface area contributed by atoms with Crippen LogP contribution >= 0.6 is 31.9 Å². The Morgan fingerprint density at radius 3 is 2.42 bits per heavy atom. The number of halogens is 3. The average molecular weight is 387 g/mol. The summed E-state index contributed by atoms with van der Waals surface area (Å²) in [6.45, 7) is 0.492. The molecule has 2 aromatic rings. The van der Waals surface area contributed by atoms with Crippen LogP contribution in [0.3, 0.4) is 0 Å². The quantitative estimate of drug-likeness (QED) is 0.813. The molecule has 0 heterocycles. The molecule has 2 N–H and O–H groups in total. The number of nitrogens with two attached hydrogens (primary N) is 1. The number of rotatable bonds is 4. The van der Waals surface area contributed by atoms with Crippen LogP contribution in [0.5, 0.6) is 0 Å². The minimum atomic E-state index is -0.192. The molecular weight excluding hydrogens is 373 g/mol. The lowest BCUT2D eigenvalue weighted by atomic mass is 9.92. The smallest absolute Gasteiger partial charge is 0.127 e. The third-order valence-corrected chi connectivity index (χ3v) is 4.07. The summed E-state index contributed by atoms with van der Waals surface area (Å²) < 4.78 is 15.6. The van der Waals surface area contributed by atoms with E-state index in [1.54, 1.807) is 6.07 Å². The van der Waals surface area contributed by atoms with Gasteiger partial charge in [-0.05, 0) is 48.4 Å². The molecule has 0 radical (unpaired) electrons. The highest BCUT2D eigenvalue weighted by atomic mass is 79.9. The Hall–Kier alpha value is -0.710. The topological polar surface area (TPSA) is 26.0 Å². The Kier molecular flexibility index (Phi) is 5.13. The molecule has 0 spiro atoms. The Morgan fingerprint density at radius 1 is 1.05 bits per heavy atom. The molecule has 19 heavy (non-hydrogen) atoms. The second-order valence-electron chi connectivity index (χ2n) is 4.43. The normalized spacial score (nSPS) is 12.4. The van der Waals surface area contributed by atoms with Gasteiger partial charge in [-0.2, -0.15) is 0 Å². The van der Waals surface area contributed by atoms with Crippen molar-refractivity contribution in [3.05, 3.63) is 68.4 Å². The maximum Gasteiger partial charge on any atom is 0.127 e. The molecule has 2 aromatic carbocycles. The summed E-state index contributed by atoms with van der Waals surface area (Å²) in [6, 6.07) is 13.2. The van der Waals surface area contributed by atoms with Gasteiger partial charge in [-0.15, -0.1) is 0 Å². The fourth-order valence-corrected chi connectivity index (χ4v) is 2.80. The molecule has 0 saturated heterocycles. The van der Waals surface area contributed by atoms with Gasteiger partial charge in [0.15, 0.2) is 0 Å². The predicted molar refractivity (Wildman–Crippen MR) is 83.7 cm³/mol. The van der Waals surface area contributed by atoms with E-state index in [0.717, 1.165) is 14.5 Å². The van der Waals surface area contributed by atoms with Crippen molar-refractivity contribution in [3.63, 3.8) is 0 Å². The Labute approximate surface area is 129 Å². The van der Waals surface area contributed by atoms with E-state index >= 15 is 0 Å². The van der Waals surface area contributed by atoms with E-state index in [9.17, 15) is 4.39 Å². The van der Waals surface area contributed by atoms with Gasteiger partial charge in [-0.3, -0.25) is 0 Å². The summed E-state index contributed by atoms with van der Waals surface area (Å²) in [5.41, 5.74) is 7.65. The lowest BCUT2D eigenvalue weighted by Gasteiger charge is -2.16. The van der Waals surface area contributed by atoms with E-state index in [2.05, 4.69) is 31.9 Å². The molecule has 0 aliphatic heterocycles. The monoisotopic (exact) mass is 385 g/mol. The zero-order valence-corrected chi connectivity index (χ0v) is 13.4. The molecule has 0 aliphatic rings. The van der Waals surface area contributed by atoms with Gasteiger partial charge in [-0.1, -0.05) is 50.1 Å². The van der Waals surface area contributed by atoms with Crippen molar-refractivity contribution in [3.8, 4) is 0 Å². The summed E-state index contributed by atoms with van der Waals surface area (Å²) in [4.78, 5) is 0. The van der Waals surface area contributed by atoms with Crippen LogP contribution in [0, 0.1) is 5.82 Å². The second-order valence-corrected chi connectivity index (χ2v) is 6.26. The first-order chi connectivity index (χ1) is 9.10. The van der Waals surface area contributed by atoms with Gasteiger partial charge in [0.25, 0.3) is 0 Å². The van der Waals surface area contributed by atoms with E-state index in [4.69, 9.17) is 5.73 Å². The number of hydrogen-bond donors (Lipinski definition) is 1.